The van der Waals surface area contributed by atoms with Gasteiger partial charge >= 0.3 is 0 Å². The van der Waals surface area contributed by atoms with Gasteiger partial charge in [0.15, 0.2) is 5.82 Å². The molecule has 35 heavy (non-hydrogen) atoms. The molecular formula is C22H27FN6O5S. The molecule has 2 N–H and O–H groups in total. The van der Waals surface area contributed by atoms with E-state index < -0.39 is 23.1 Å². The van der Waals surface area contributed by atoms with Crippen molar-refractivity contribution in [3.63, 3.8) is 0 Å². The maximum Gasteiger partial charge on any atom is 0.232 e. The summed E-state index contributed by atoms with van der Waals surface area (Å²) in [6.45, 7) is 1.23. The Balaban J connectivity index is 1.77. The number of ether oxygens (including phenoxy) is 3. The highest BCUT2D eigenvalue weighted by molar-refractivity contribution is 7.77. The summed E-state index contributed by atoms with van der Waals surface area (Å²) in [6.07, 6.45) is 4.03. The van der Waals surface area contributed by atoms with Gasteiger partial charge in [0.25, 0.3) is 0 Å². The Morgan fingerprint density at radius 3 is 2.43 bits per heavy atom. The number of methoxy groups -OCH3 is 2. The van der Waals surface area contributed by atoms with E-state index in [1.165, 1.54) is 0 Å². The summed E-state index contributed by atoms with van der Waals surface area (Å²) in [7, 11) is 3.14. The molecule has 0 saturated carbocycles. The van der Waals surface area contributed by atoms with Gasteiger partial charge in [0, 0.05) is 38.0 Å². The largest absolute Gasteiger partial charge is 0.494 e. The zero-order chi connectivity index (χ0) is 24.8. The van der Waals surface area contributed by atoms with Gasteiger partial charge < -0.3 is 14.2 Å². The second-order valence-corrected chi connectivity index (χ2v) is 8.73. The van der Waals surface area contributed by atoms with Crippen LogP contribution in [0.15, 0.2) is 30.6 Å². The summed E-state index contributed by atoms with van der Waals surface area (Å²) >= 11 is -2.31. The number of halogens is 1. The van der Waals surface area contributed by atoms with Gasteiger partial charge in [0.1, 0.15) is 34.7 Å². The summed E-state index contributed by atoms with van der Waals surface area (Å²) in [5.74, 6) is 2.24. The van der Waals surface area contributed by atoms with Crippen molar-refractivity contribution in [2.45, 2.75) is 37.6 Å². The van der Waals surface area contributed by atoms with E-state index in [9.17, 15) is 13.2 Å². The topological polar surface area (TPSA) is 134 Å². The molecule has 1 fully saturated rings. The maximum atomic E-state index is 13.3. The van der Waals surface area contributed by atoms with Crippen molar-refractivity contribution in [1.29, 1.82) is 0 Å². The molecule has 1 aliphatic rings. The number of aromatic nitrogens is 5. The Labute approximate surface area is 204 Å². The fourth-order valence-electron chi connectivity index (χ4n) is 4.16. The van der Waals surface area contributed by atoms with Crippen LogP contribution in [-0.2, 0) is 28.8 Å². The average Bonchev–Trinajstić information content (AvgIpc) is 3.27. The molecule has 3 heterocycles. The number of nitrogens with one attached hydrogen (secondary N) is 1. The lowest BCUT2D eigenvalue weighted by atomic mass is 9.99. The minimum Gasteiger partial charge on any atom is -0.494 e. The average molecular weight is 507 g/mol. The number of rotatable bonds is 10. The Morgan fingerprint density at radius 2 is 1.83 bits per heavy atom. The molecule has 1 unspecified atom stereocenters. The van der Waals surface area contributed by atoms with Crippen molar-refractivity contribution in [3.05, 3.63) is 53.9 Å². The van der Waals surface area contributed by atoms with Gasteiger partial charge in [-0.25, -0.2) is 23.3 Å². The third-order valence-corrected chi connectivity index (χ3v) is 6.30. The van der Waals surface area contributed by atoms with Gasteiger partial charge in [-0.15, -0.1) is 10.2 Å². The molecule has 0 aliphatic carbocycles. The van der Waals surface area contributed by atoms with Gasteiger partial charge in [-0.2, -0.15) is 0 Å². The molecule has 1 saturated heterocycles. The summed E-state index contributed by atoms with van der Waals surface area (Å²) in [6, 6.07) is 4.86. The van der Waals surface area contributed by atoms with Crippen molar-refractivity contribution in [2.24, 2.45) is 0 Å². The molecule has 0 spiro atoms. The predicted molar refractivity (Wildman–Crippen MR) is 124 cm³/mol. The Kier molecular flexibility index (Phi) is 8.33. The van der Waals surface area contributed by atoms with E-state index in [0.717, 1.165) is 31.1 Å². The van der Waals surface area contributed by atoms with Crippen LogP contribution in [0.1, 0.15) is 36.2 Å². The van der Waals surface area contributed by atoms with Crippen molar-refractivity contribution >= 4 is 11.3 Å². The second-order valence-electron chi connectivity index (χ2n) is 8.00. The molecule has 1 aliphatic heterocycles. The van der Waals surface area contributed by atoms with E-state index in [4.69, 9.17) is 14.2 Å². The van der Waals surface area contributed by atoms with Crippen LogP contribution >= 0.6 is 0 Å². The Bertz CT molecular complexity index is 1130. The summed E-state index contributed by atoms with van der Waals surface area (Å²) in [4.78, 5) is 7.96. The van der Waals surface area contributed by atoms with Gasteiger partial charge in [0.2, 0.25) is 11.3 Å². The van der Waals surface area contributed by atoms with Crippen LogP contribution in [0.4, 0.5) is 4.39 Å². The normalized spacial score (nSPS) is 16.1. The van der Waals surface area contributed by atoms with Crippen LogP contribution in [0, 0.1) is 5.82 Å². The van der Waals surface area contributed by atoms with Crippen molar-refractivity contribution < 1.29 is 27.4 Å². The molecule has 1 aromatic carbocycles. The Hall–Kier alpha value is -3.00. The van der Waals surface area contributed by atoms with Gasteiger partial charge in [0.05, 0.1) is 26.6 Å². The van der Waals surface area contributed by atoms with E-state index in [0.29, 0.717) is 42.0 Å². The molecule has 188 valence electrons. The van der Waals surface area contributed by atoms with Gasteiger partial charge in [-0.05, 0) is 25.0 Å². The summed E-state index contributed by atoms with van der Waals surface area (Å²) < 4.78 is 55.8. The lowest BCUT2D eigenvalue weighted by Crippen LogP contribution is -2.36. The third-order valence-electron chi connectivity index (χ3n) is 5.77. The van der Waals surface area contributed by atoms with Crippen molar-refractivity contribution in [3.8, 4) is 17.2 Å². The number of para-hydroxylation sites is 1. The molecule has 4 rings (SSSR count). The van der Waals surface area contributed by atoms with Crippen molar-refractivity contribution in [2.75, 3.05) is 27.4 Å². The van der Waals surface area contributed by atoms with Crippen LogP contribution < -0.4 is 14.2 Å². The van der Waals surface area contributed by atoms with Crippen LogP contribution in [-0.4, -0.2) is 67.0 Å². The second kappa shape index (κ2) is 11.6. The zero-order valence-electron chi connectivity index (χ0n) is 19.4. The lowest BCUT2D eigenvalue weighted by molar-refractivity contribution is 0.0831. The SMILES string of the molecule is COc1cccc(OC)c1-n1c(C[C@@H](Cc2ncc(F)cn2)NS(=O)O)nnc1C1CCOCC1. The number of hydrogen-bond acceptors (Lipinski definition) is 8. The van der Waals surface area contributed by atoms with Crippen LogP contribution in [0.3, 0.4) is 0 Å². The van der Waals surface area contributed by atoms with Crippen LogP contribution in [0.2, 0.25) is 0 Å². The molecule has 0 radical (unpaired) electrons. The summed E-state index contributed by atoms with van der Waals surface area (Å²) in [5.41, 5.74) is 0.640. The fraction of sp³-hybridized carbons (Fsp3) is 0.455. The smallest absolute Gasteiger partial charge is 0.232 e. The highest BCUT2D eigenvalue weighted by Crippen LogP contribution is 2.37. The molecule has 13 heteroatoms. The Morgan fingerprint density at radius 1 is 1.17 bits per heavy atom. The number of benzene rings is 1. The molecule has 0 bridgehead atoms. The first-order chi connectivity index (χ1) is 17.0. The van der Waals surface area contributed by atoms with E-state index >= 15 is 0 Å². The monoisotopic (exact) mass is 506 g/mol. The highest BCUT2D eigenvalue weighted by atomic mass is 32.2. The minimum absolute atomic E-state index is 0.0958. The lowest BCUT2D eigenvalue weighted by Gasteiger charge is -2.24. The first-order valence-electron chi connectivity index (χ1n) is 11.1. The number of hydrogen-bond donors (Lipinski definition) is 2. The molecule has 3 aromatic rings. The summed E-state index contributed by atoms with van der Waals surface area (Å²) in [5, 5.41) is 8.98. The van der Waals surface area contributed by atoms with Crippen LogP contribution in [0.5, 0.6) is 11.5 Å². The quantitative estimate of drug-likeness (QED) is 0.396. The van der Waals surface area contributed by atoms with Crippen molar-refractivity contribution in [1.82, 2.24) is 29.5 Å². The maximum absolute atomic E-state index is 13.3. The standard InChI is InChI=1S/C22H27FN6O5S/c1-32-17-4-3-5-18(33-2)21(17)29-20(26-27-22(29)14-6-8-34-9-7-14)11-16(28-35(30)31)10-19-24-12-15(23)13-25-19/h3-5,12-14,16,28H,6-11H2,1-2H3,(H,30,31)/t16-/m1/s1. The zero-order valence-corrected chi connectivity index (χ0v) is 20.2. The number of nitrogens with zero attached hydrogens (tertiary/aromatic N) is 5. The first-order valence-corrected chi connectivity index (χ1v) is 12.2. The molecule has 2 aromatic heterocycles. The van der Waals surface area contributed by atoms with Gasteiger partial charge in [-0.1, -0.05) is 6.07 Å². The third kappa shape index (κ3) is 5.99. The highest BCUT2D eigenvalue weighted by Gasteiger charge is 2.29. The minimum atomic E-state index is -2.31. The van der Waals surface area contributed by atoms with Gasteiger partial charge in [-0.3, -0.25) is 9.12 Å². The fourth-order valence-corrected chi connectivity index (χ4v) is 4.61. The van der Waals surface area contributed by atoms with E-state index in [1.54, 1.807) is 14.2 Å². The van der Waals surface area contributed by atoms with E-state index in [2.05, 4.69) is 24.9 Å². The van der Waals surface area contributed by atoms with E-state index in [-0.39, 0.29) is 18.8 Å². The first kappa shape index (κ1) is 25.1. The molecule has 11 nitrogen and oxygen atoms in total. The molecule has 0 amide bonds. The van der Waals surface area contributed by atoms with Crippen LogP contribution in [0.25, 0.3) is 5.69 Å². The predicted octanol–water partition coefficient (Wildman–Crippen LogP) is 1.99. The molecular weight excluding hydrogens is 479 g/mol. The molecule has 2 atom stereocenters. The van der Waals surface area contributed by atoms with E-state index in [1.807, 2.05) is 22.8 Å².